The van der Waals surface area contributed by atoms with Crippen molar-refractivity contribution in [2.45, 2.75) is 46.0 Å². The second-order valence-electron chi connectivity index (χ2n) is 5.94. The molecule has 0 amide bonds. The summed E-state index contributed by atoms with van der Waals surface area (Å²) in [5, 5.41) is 7.77. The third-order valence-corrected chi connectivity index (χ3v) is 3.07. The van der Waals surface area contributed by atoms with Gasteiger partial charge in [-0.15, -0.1) is 10.2 Å². The molecule has 4 heteroatoms. The lowest BCUT2D eigenvalue weighted by Crippen LogP contribution is -2.11. The number of aromatic nitrogens is 2. The first kappa shape index (κ1) is 14.6. The third kappa shape index (κ3) is 4.08. The molecule has 0 saturated carbocycles. The molecule has 4 nitrogen and oxygen atoms in total. The highest BCUT2D eigenvalue weighted by atomic mass is 16.5. The van der Waals surface area contributed by atoms with Crippen LogP contribution in [0.25, 0.3) is 0 Å². The topological polar surface area (TPSA) is 48.2 Å². The second kappa shape index (κ2) is 6.07. The predicted molar refractivity (Wildman–Crippen MR) is 78.0 cm³/mol. The van der Waals surface area contributed by atoms with Gasteiger partial charge in [-0.05, 0) is 29.5 Å². The van der Waals surface area contributed by atoms with Gasteiger partial charge >= 0.3 is 0 Å². The van der Waals surface area contributed by atoms with E-state index in [4.69, 9.17) is 9.15 Å². The summed E-state index contributed by atoms with van der Waals surface area (Å²) in [5.41, 5.74) is 1.42. The smallest absolute Gasteiger partial charge is 0.216 e. The Hall–Kier alpha value is -1.84. The lowest BCUT2D eigenvalue weighted by Gasteiger charge is -2.19. The van der Waals surface area contributed by atoms with Gasteiger partial charge in [-0.3, -0.25) is 0 Å². The van der Waals surface area contributed by atoms with Gasteiger partial charge in [0.1, 0.15) is 5.75 Å². The molecule has 0 saturated heterocycles. The summed E-state index contributed by atoms with van der Waals surface area (Å²) < 4.78 is 11.1. The Bertz CT molecular complexity index is 556. The van der Waals surface area contributed by atoms with Crippen LogP contribution >= 0.6 is 0 Å². The van der Waals surface area contributed by atoms with Crippen molar-refractivity contribution in [2.24, 2.45) is 0 Å². The van der Waals surface area contributed by atoms with Crippen LogP contribution in [-0.2, 0) is 11.8 Å². The zero-order chi connectivity index (χ0) is 14.6. The normalized spacial score (nSPS) is 11.6. The van der Waals surface area contributed by atoms with E-state index >= 15 is 0 Å². The van der Waals surface area contributed by atoms with Crippen LogP contribution < -0.4 is 4.74 Å². The van der Waals surface area contributed by atoms with Crippen LogP contribution in [0, 0.1) is 6.92 Å². The molecule has 1 heterocycles. The maximum atomic E-state index is 5.78. The van der Waals surface area contributed by atoms with Crippen molar-refractivity contribution in [2.75, 3.05) is 6.61 Å². The van der Waals surface area contributed by atoms with Crippen molar-refractivity contribution in [3.05, 3.63) is 41.6 Å². The van der Waals surface area contributed by atoms with Gasteiger partial charge in [0.15, 0.2) is 0 Å². The minimum absolute atomic E-state index is 0.140. The largest absolute Gasteiger partial charge is 0.494 e. The van der Waals surface area contributed by atoms with Crippen LogP contribution in [0.5, 0.6) is 5.75 Å². The van der Waals surface area contributed by atoms with Gasteiger partial charge in [-0.2, -0.15) is 0 Å². The first-order valence-electron chi connectivity index (χ1n) is 6.97. The number of rotatable bonds is 5. The van der Waals surface area contributed by atoms with E-state index in [1.54, 1.807) is 6.92 Å². The Kier molecular flexibility index (Phi) is 4.42. The van der Waals surface area contributed by atoms with E-state index in [1.807, 2.05) is 12.1 Å². The molecule has 0 spiro atoms. The fourth-order valence-corrected chi connectivity index (χ4v) is 1.90. The molecule has 0 fully saturated rings. The Morgan fingerprint density at radius 2 is 2.00 bits per heavy atom. The fraction of sp³-hybridized carbons (Fsp3) is 0.500. The SMILES string of the molecule is Cc1nnc(CCCOc2cccc(C(C)(C)C)c2)o1. The van der Waals surface area contributed by atoms with Crippen molar-refractivity contribution in [3.63, 3.8) is 0 Å². The van der Waals surface area contributed by atoms with Gasteiger partial charge in [0.05, 0.1) is 6.61 Å². The molecule has 108 valence electrons. The average molecular weight is 274 g/mol. The average Bonchev–Trinajstić information content (AvgIpc) is 2.80. The summed E-state index contributed by atoms with van der Waals surface area (Å²) in [6, 6.07) is 8.27. The molecule has 0 unspecified atom stereocenters. The molecule has 2 aromatic rings. The molecule has 0 aliphatic rings. The molecule has 0 atom stereocenters. The van der Waals surface area contributed by atoms with E-state index in [0.29, 0.717) is 18.4 Å². The number of nitrogens with zero attached hydrogens (tertiary/aromatic N) is 2. The molecule has 0 bridgehead atoms. The highest BCUT2D eigenvalue weighted by Crippen LogP contribution is 2.25. The quantitative estimate of drug-likeness (QED) is 0.780. The summed E-state index contributed by atoms with van der Waals surface area (Å²) in [6.07, 6.45) is 1.61. The summed E-state index contributed by atoms with van der Waals surface area (Å²) in [4.78, 5) is 0. The summed E-state index contributed by atoms with van der Waals surface area (Å²) in [5.74, 6) is 2.20. The van der Waals surface area contributed by atoms with Gasteiger partial charge in [-0.25, -0.2) is 0 Å². The molecule has 1 aromatic heterocycles. The Morgan fingerprint density at radius 3 is 2.65 bits per heavy atom. The zero-order valence-electron chi connectivity index (χ0n) is 12.6. The van der Waals surface area contributed by atoms with Crippen molar-refractivity contribution < 1.29 is 9.15 Å². The van der Waals surface area contributed by atoms with E-state index < -0.39 is 0 Å². The van der Waals surface area contributed by atoms with E-state index in [2.05, 4.69) is 43.1 Å². The van der Waals surface area contributed by atoms with Crippen molar-refractivity contribution in [3.8, 4) is 5.75 Å². The van der Waals surface area contributed by atoms with Gasteiger partial charge in [0, 0.05) is 13.3 Å². The van der Waals surface area contributed by atoms with Crippen molar-refractivity contribution in [1.82, 2.24) is 10.2 Å². The molecule has 0 N–H and O–H groups in total. The maximum Gasteiger partial charge on any atom is 0.216 e. The number of hydrogen-bond acceptors (Lipinski definition) is 4. The molecular weight excluding hydrogens is 252 g/mol. The highest BCUT2D eigenvalue weighted by Gasteiger charge is 2.13. The highest BCUT2D eigenvalue weighted by molar-refractivity contribution is 5.32. The fourth-order valence-electron chi connectivity index (χ4n) is 1.90. The number of hydrogen-bond donors (Lipinski definition) is 0. The number of ether oxygens (including phenoxy) is 1. The van der Waals surface area contributed by atoms with Gasteiger partial charge in [0.25, 0.3) is 0 Å². The Balaban J connectivity index is 1.82. The van der Waals surface area contributed by atoms with E-state index in [0.717, 1.165) is 18.6 Å². The second-order valence-corrected chi connectivity index (χ2v) is 5.94. The maximum absolute atomic E-state index is 5.78. The third-order valence-electron chi connectivity index (χ3n) is 3.07. The van der Waals surface area contributed by atoms with Crippen molar-refractivity contribution >= 4 is 0 Å². The van der Waals surface area contributed by atoms with E-state index in [-0.39, 0.29) is 5.41 Å². The lowest BCUT2D eigenvalue weighted by molar-refractivity contribution is 0.303. The van der Waals surface area contributed by atoms with Gasteiger partial charge in [0.2, 0.25) is 11.8 Å². The molecule has 0 radical (unpaired) electrons. The van der Waals surface area contributed by atoms with E-state index in [9.17, 15) is 0 Å². The van der Waals surface area contributed by atoms with Gasteiger partial charge in [-0.1, -0.05) is 32.9 Å². The molecular formula is C16H22N2O2. The van der Waals surface area contributed by atoms with E-state index in [1.165, 1.54) is 5.56 Å². The first-order chi connectivity index (χ1) is 9.45. The van der Waals surface area contributed by atoms with Gasteiger partial charge < -0.3 is 9.15 Å². The minimum atomic E-state index is 0.140. The molecule has 0 aliphatic heterocycles. The predicted octanol–water partition coefficient (Wildman–Crippen LogP) is 3.69. The Morgan fingerprint density at radius 1 is 1.20 bits per heavy atom. The minimum Gasteiger partial charge on any atom is -0.494 e. The van der Waals surface area contributed by atoms with Crippen LogP contribution in [0.3, 0.4) is 0 Å². The summed E-state index contributed by atoms with van der Waals surface area (Å²) in [6.45, 7) is 9.04. The molecule has 2 rings (SSSR count). The Labute approximate surface area is 120 Å². The monoisotopic (exact) mass is 274 g/mol. The lowest BCUT2D eigenvalue weighted by atomic mass is 9.87. The molecule has 0 aliphatic carbocycles. The number of aryl methyl sites for hydroxylation is 2. The van der Waals surface area contributed by atoms with Crippen LogP contribution in [-0.4, -0.2) is 16.8 Å². The van der Waals surface area contributed by atoms with Crippen LogP contribution in [0.15, 0.2) is 28.7 Å². The summed E-state index contributed by atoms with van der Waals surface area (Å²) >= 11 is 0. The summed E-state index contributed by atoms with van der Waals surface area (Å²) in [7, 11) is 0. The molecule has 20 heavy (non-hydrogen) atoms. The van der Waals surface area contributed by atoms with Crippen molar-refractivity contribution in [1.29, 1.82) is 0 Å². The number of benzene rings is 1. The van der Waals surface area contributed by atoms with Crippen LogP contribution in [0.1, 0.15) is 44.5 Å². The van der Waals surface area contributed by atoms with Crippen LogP contribution in [0.2, 0.25) is 0 Å². The van der Waals surface area contributed by atoms with Crippen LogP contribution in [0.4, 0.5) is 0 Å². The first-order valence-corrected chi connectivity index (χ1v) is 6.97. The molecule has 1 aromatic carbocycles. The standard InChI is InChI=1S/C16H22N2O2/c1-12-17-18-15(20-12)9-6-10-19-14-8-5-7-13(11-14)16(2,3)4/h5,7-8,11H,6,9-10H2,1-4H3. The zero-order valence-corrected chi connectivity index (χ0v) is 12.6.